The van der Waals surface area contributed by atoms with Crippen LogP contribution in [0, 0.1) is 6.92 Å². The van der Waals surface area contributed by atoms with Gasteiger partial charge in [0.1, 0.15) is 18.5 Å². The Hall–Kier alpha value is -1.81. The first kappa shape index (κ1) is 14.6. The highest BCUT2D eigenvalue weighted by Crippen LogP contribution is 2.27. The van der Waals surface area contributed by atoms with Gasteiger partial charge in [0.25, 0.3) is 0 Å². The minimum Gasteiger partial charge on any atom is -0.491 e. The van der Waals surface area contributed by atoms with Gasteiger partial charge in [0.15, 0.2) is 0 Å². The van der Waals surface area contributed by atoms with Crippen LogP contribution in [0.25, 0.3) is 0 Å². The van der Waals surface area contributed by atoms with Gasteiger partial charge in [-0.25, -0.2) is 4.98 Å². The second-order valence-corrected chi connectivity index (χ2v) is 5.42. The number of hydrogen-bond acceptors (Lipinski definition) is 3. The molecule has 1 aromatic heterocycles. The number of benzene rings is 1. The van der Waals surface area contributed by atoms with Gasteiger partial charge in [0, 0.05) is 12.4 Å². The monoisotopic (exact) mass is 274 g/mol. The number of imidazole rings is 1. The van der Waals surface area contributed by atoms with Crippen molar-refractivity contribution in [2.75, 3.05) is 6.61 Å². The number of rotatable bonds is 6. The predicted octanol–water partition coefficient (Wildman–Crippen LogP) is 2.75. The molecule has 0 aliphatic carbocycles. The van der Waals surface area contributed by atoms with E-state index in [-0.39, 0.29) is 6.61 Å². The quantitative estimate of drug-likeness (QED) is 0.881. The van der Waals surface area contributed by atoms with Gasteiger partial charge in [0.2, 0.25) is 0 Å². The fourth-order valence-electron chi connectivity index (χ4n) is 2.12. The zero-order valence-electron chi connectivity index (χ0n) is 12.3. The van der Waals surface area contributed by atoms with E-state index in [4.69, 9.17) is 4.74 Å². The van der Waals surface area contributed by atoms with Crippen molar-refractivity contribution in [2.24, 2.45) is 0 Å². The normalized spacial score (nSPS) is 12.7. The van der Waals surface area contributed by atoms with Crippen molar-refractivity contribution in [1.29, 1.82) is 0 Å². The van der Waals surface area contributed by atoms with E-state index in [0.29, 0.717) is 12.5 Å². The average molecular weight is 274 g/mol. The van der Waals surface area contributed by atoms with Gasteiger partial charge in [-0.2, -0.15) is 0 Å². The van der Waals surface area contributed by atoms with Gasteiger partial charge in [-0.3, -0.25) is 0 Å². The number of aryl methyl sites for hydroxylation is 1. The van der Waals surface area contributed by atoms with E-state index in [9.17, 15) is 5.11 Å². The van der Waals surface area contributed by atoms with E-state index < -0.39 is 6.10 Å². The zero-order chi connectivity index (χ0) is 14.5. The zero-order valence-corrected chi connectivity index (χ0v) is 12.3. The van der Waals surface area contributed by atoms with Gasteiger partial charge in [-0.15, -0.1) is 0 Å². The average Bonchev–Trinajstić information content (AvgIpc) is 2.89. The maximum Gasteiger partial charge on any atom is 0.123 e. The van der Waals surface area contributed by atoms with Crippen molar-refractivity contribution < 1.29 is 9.84 Å². The molecule has 20 heavy (non-hydrogen) atoms. The summed E-state index contributed by atoms with van der Waals surface area (Å²) in [6, 6.07) is 6.21. The Bertz CT molecular complexity index is 535. The molecular weight excluding hydrogens is 252 g/mol. The molecule has 0 amide bonds. The number of hydrogen-bond donors (Lipinski definition) is 1. The third-order valence-corrected chi connectivity index (χ3v) is 3.20. The Morgan fingerprint density at radius 3 is 2.80 bits per heavy atom. The van der Waals surface area contributed by atoms with Crippen molar-refractivity contribution in [3.8, 4) is 5.75 Å². The summed E-state index contributed by atoms with van der Waals surface area (Å²) in [5, 5.41) is 10.0. The molecule has 0 saturated heterocycles. The first-order chi connectivity index (χ1) is 9.56. The van der Waals surface area contributed by atoms with Crippen LogP contribution in [0.4, 0.5) is 0 Å². The fourth-order valence-corrected chi connectivity index (χ4v) is 2.12. The van der Waals surface area contributed by atoms with Crippen LogP contribution < -0.4 is 4.74 Å². The lowest BCUT2D eigenvalue weighted by Gasteiger charge is -2.17. The molecule has 2 aromatic rings. The number of ether oxygens (including phenoxy) is 1. The molecule has 1 N–H and O–H groups in total. The maximum absolute atomic E-state index is 10.0. The second-order valence-electron chi connectivity index (χ2n) is 5.42. The smallest absolute Gasteiger partial charge is 0.123 e. The van der Waals surface area contributed by atoms with E-state index >= 15 is 0 Å². The molecule has 0 saturated carbocycles. The summed E-state index contributed by atoms with van der Waals surface area (Å²) in [6.07, 6.45) is 4.67. The molecule has 0 fully saturated rings. The predicted molar refractivity (Wildman–Crippen MR) is 79.0 cm³/mol. The summed E-state index contributed by atoms with van der Waals surface area (Å²) in [5.74, 6) is 1.26. The number of nitrogens with zero attached hydrogens (tertiary/aromatic N) is 2. The first-order valence-corrected chi connectivity index (χ1v) is 6.93. The molecule has 0 aliphatic rings. The third kappa shape index (κ3) is 3.84. The molecule has 1 unspecified atom stereocenters. The largest absolute Gasteiger partial charge is 0.491 e. The van der Waals surface area contributed by atoms with Crippen LogP contribution in [-0.4, -0.2) is 27.4 Å². The van der Waals surface area contributed by atoms with E-state index in [1.165, 1.54) is 5.56 Å². The van der Waals surface area contributed by atoms with Gasteiger partial charge in [-0.1, -0.05) is 26.0 Å². The molecule has 1 aromatic carbocycles. The molecule has 108 valence electrons. The highest BCUT2D eigenvalue weighted by Gasteiger charge is 2.11. The summed E-state index contributed by atoms with van der Waals surface area (Å²) in [6.45, 7) is 7.09. The standard InChI is InChI=1S/C16H22N2O2/c1-12(2)15-5-4-13(3)8-16(15)20-10-14(19)9-18-7-6-17-11-18/h4-8,11-12,14,19H,9-10H2,1-3H3. The highest BCUT2D eigenvalue weighted by atomic mass is 16.5. The van der Waals surface area contributed by atoms with Crippen LogP contribution in [-0.2, 0) is 6.54 Å². The van der Waals surface area contributed by atoms with Gasteiger partial charge < -0.3 is 14.4 Å². The molecule has 1 atom stereocenters. The summed E-state index contributed by atoms with van der Waals surface area (Å²) < 4.78 is 7.65. The van der Waals surface area contributed by atoms with Crippen LogP contribution in [0.15, 0.2) is 36.9 Å². The summed E-state index contributed by atoms with van der Waals surface area (Å²) >= 11 is 0. The third-order valence-electron chi connectivity index (χ3n) is 3.20. The minimum atomic E-state index is -0.551. The summed E-state index contributed by atoms with van der Waals surface area (Å²) in [5.41, 5.74) is 2.33. The minimum absolute atomic E-state index is 0.279. The van der Waals surface area contributed by atoms with Crippen molar-refractivity contribution in [3.05, 3.63) is 48.0 Å². The fraction of sp³-hybridized carbons (Fsp3) is 0.438. The van der Waals surface area contributed by atoms with E-state index in [1.54, 1.807) is 12.5 Å². The molecule has 0 bridgehead atoms. The molecule has 0 aliphatic heterocycles. The Labute approximate surface area is 120 Å². The first-order valence-electron chi connectivity index (χ1n) is 6.93. The van der Waals surface area contributed by atoms with E-state index in [1.807, 2.05) is 23.8 Å². The number of aromatic nitrogens is 2. The van der Waals surface area contributed by atoms with Crippen molar-refractivity contribution in [1.82, 2.24) is 9.55 Å². The molecule has 0 radical (unpaired) electrons. The SMILES string of the molecule is Cc1ccc(C(C)C)c(OCC(O)Cn2ccnc2)c1. The van der Waals surface area contributed by atoms with Gasteiger partial charge in [0.05, 0.1) is 12.9 Å². The molecular formula is C16H22N2O2. The van der Waals surface area contributed by atoms with Crippen LogP contribution in [0.5, 0.6) is 5.75 Å². The second kappa shape index (κ2) is 6.57. The van der Waals surface area contributed by atoms with Crippen molar-refractivity contribution >= 4 is 0 Å². The lowest BCUT2D eigenvalue weighted by molar-refractivity contribution is 0.0918. The molecule has 0 spiro atoms. The Morgan fingerprint density at radius 2 is 2.15 bits per heavy atom. The molecule has 4 heteroatoms. The Balaban J connectivity index is 1.97. The topological polar surface area (TPSA) is 47.3 Å². The lowest BCUT2D eigenvalue weighted by Crippen LogP contribution is -2.23. The van der Waals surface area contributed by atoms with E-state index in [2.05, 4.69) is 31.0 Å². The molecule has 1 heterocycles. The van der Waals surface area contributed by atoms with Crippen molar-refractivity contribution in [2.45, 2.75) is 39.3 Å². The maximum atomic E-state index is 10.0. The highest BCUT2D eigenvalue weighted by molar-refractivity contribution is 5.39. The summed E-state index contributed by atoms with van der Waals surface area (Å²) in [7, 11) is 0. The van der Waals surface area contributed by atoms with E-state index in [0.717, 1.165) is 11.3 Å². The van der Waals surface area contributed by atoms with Crippen molar-refractivity contribution in [3.63, 3.8) is 0 Å². The molecule has 4 nitrogen and oxygen atoms in total. The van der Waals surface area contributed by atoms with Crippen LogP contribution in [0.1, 0.15) is 30.9 Å². The lowest BCUT2D eigenvalue weighted by atomic mass is 10.0. The van der Waals surface area contributed by atoms with Crippen LogP contribution in [0.3, 0.4) is 0 Å². The Kier molecular flexibility index (Phi) is 4.79. The Morgan fingerprint density at radius 1 is 1.35 bits per heavy atom. The van der Waals surface area contributed by atoms with Gasteiger partial charge >= 0.3 is 0 Å². The number of aliphatic hydroxyl groups excluding tert-OH is 1. The van der Waals surface area contributed by atoms with Crippen LogP contribution >= 0.6 is 0 Å². The van der Waals surface area contributed by atoms with Crippen LogP contribution in [0.2, 0.25) is 0 Å². The number of aliphatic hydroxyl groups is 1. The van der Waals surface area contributed by atoms with Gasteiger partial charge in [-0.05, 0) is 30.0 Å². The molecule has 2 rings (SSSR count). The summed E-state index contributed by atoms with van der Waals surface area (Å²) in [4.78, 5) is 3.95.